The molecule has 2 nitrogen and oxygen atoms in total. The predicted octanol–water partition coefficient (Wildman–Crippen LogP) is 3.22. The molecule has 0 atom stereocenters. The quantitative estimate of drug-likeness (QED) is 0.877. The van der Waals surface area contributed by atoms with Crippen LogP contribution in [0, 0.1) is 0 Å². The van der Waals surface area contributed by atoms with E-state index in [0.29, 0.717) is 0 Å². The van der Waals surface area contributed by atoms with Crippen LogP contribution < -0.4 is 10.2 Å². The molecule has 1 aliphatic rings. The van der Waals surface area contributed by atoms with Gasteiger partial charge in [-0.1, -0.05) is 25.1 Å². The molecule has 18 heavy (non-hydrogen) atoms. The van der Waals surface area contributed by atoms with Crippen molar-refractivity contribution in [2.75, 3.05) is 24.5 Å². The second kappa shape index (κ2) is 5.75. The van der Waals surface area contributed by atoms with Gasteiger partial charge in [0.2, 0.25) is 0 Å². The maximum Gasteiger partial charge on any atom is 0.0399 e. The highest BCUT2D eigenvalue weighted by Gasteiger charge is 2.23. The van der Waals surface area contributed by atoms with E-state index in [2.05, 4.69) is 55.3 Å². The summed E-state index contributed by atoms with van der Waals surface area (Å²) < 4.78 is 0. The van der Waals surface area contributed by atoms with Crippen molar-refractivity contribution in [1.29, 1.82) is 0 Å². The van der Waals surface area contributed by atoms with Gasteiger partial charge in [-0.25, -0.2) is 0 Å². The molecule has 0 fully saturated rings. The van der Waals surface area contributed by atoms with E-state index in [1.165, 1.54) is 37.1 Å². The van der Waals surface area contributed by atoms with Crippen LogP contribution in [0.15, 0.2) is 24.3 Å². The largest absolute Gasteiger partial charge is 0.369 e. The Balaban J connectivity index is 2.17. The average molecular weight is 246 g/mol. The maximum absolute atomic E-state index is 3.58. The van der Waals surface area contributed by atoms with Crippen LogP contribution in [0.4, 0.5) is 5.69 Å². The summed E-state index contributed by atoms with van der Waals surface area (Å²) in [4.78, 5) is 2.56. The first-order valence-electron chi connectivity index (χ1n) is 7.20. The van der Waals surface area contributed by atoms with Crippen LogP contribution in [-0.4, -0.2) is 25.2 Å². The molecule has 2 rings (SSSR count). The number of hydrogen-bond donors (Lipinski definition) is 1. The third-order valence-electron chi connectivity index (χ3n) is 3.70. The molecule has 0 unspecified atom stereocenters. The monoisotopic (exact) mass is 246 g/mol. The molecule has 1 aliphatic heterocycles. The van der Waals surface area contributed by atoms with Crippen molar-refractivity contribution in [2.24, 2.45) is 0 Å². The van der Waals surface area contributed by atoms with Crippen molar-refractivity contribution in [3.63, 3.8) is 0 Å². The standard InChI is InChI=1S/C16H26N2/c1-4-17-16(2,3)13-18-12-8-7-10-14-9-5-6-11-15(14)18/h5-6,9,11,17H,4,7-8,10,12-13H2,1-3H3. The van der Waals surface area contributed by atoms with Crippen LogP contribution in [-0.2, 0) is 6.42 Å². The van der Waals surface area contributed by atoms with Crippen molar-refractivity contribution < 1.29 is 0 Å². The number of rotatable bonds is 4. The number of anilines is 1. The molecule has 1 aromatic rings. The first-order valence-corrected chi connectivity index (χ1v) is 7.20. The molecule has 0 bridgehead atoms. The van der Waals surface area contributed by atoms with E-state index in [-0.39, 0.29) is 5.54 Å². The molecule has 0 spiro atoms. The average Bonchev–Trinajstić information content (AvgIpc) is 2.52. The minimum absolute atomic E-state index is 0.173. The van der Waals surface area contributed by atoms with E-state index in [4.69, 9.17) is 0 Å². The fourth-order valence-electron chi connectivity index (χ4n) is 2.95. The van der Waals surface area contributed by atoms with Crippen molar-refractivity contribution in [2.45, 2.75) is 45.6 Å². The molecule has 0 amide bonds. The number of nitrogens with one attached hydrogen (secondary N) is 1. The van der Waals surface area contributed by atoms with Gasteiger partial charge in [0.25, 0.3) is 0 Å². The SMILES string of the molecule is CCNC(C)(C)CN1CCCCc2ccccc21. The Morgan fingerprint density at radius 1 is 1.22 bits per heavy atom. The van der Waals surface area contributed by atoms with Gasteiger partial charge in [-0.2, -0.15) is 0 Å². The number of para-hydroxylation sites is 1. The maximum atomic E-state index is 3.58. The van der Waals surface area contributed by atoms with Crippen LogP contribution in [0.5, 0.6) is 0 Å². The van der Waals surface area contributed by atoms with Gasteiger partial charge in [0.05, 0.1) is 0 Å². The number of nitrogens with zero attached hydrogens (tertiary/aromatic N) is 1. The molecular formula is C16H26N2. The van der Waals surface area contributed by atoms with E-state index >= 15 is 0 Å². The highest BCUT2D eigenvalue weighted by atomic mass is 15.2. The molecular weight excluding hydrogens is 220 g/mol. The molecule has 0 aromatic heterocycles. The zero-order valence-corrected chi connectivity index (χ0v) is 12.0. The molecule has 2 heteroatoms. The number of likely N-dealkylation sites (N-methyl/N-ethyl adjacent to an activating group) is 1. The highest BCUT2D eigenvalue weighted by Crippen LogP contribution is 2.27. The second-order valence-electron chi connectivity index (χ2n) is 5.92. The third-order valence-corrected chi connectivity index (χ3v) is 3.70. The van der Waals surface area contributed by atoms with Crippen LogP contribution in [0.3, 0.4) is 0 Å². The van der Waals surface area contributed by atoms with Gasteiger partial charge in [0.15, 0.2) is 0 Å². The first-order chi connectivity index (χ1) is 8.62. The molecule has 1 aromatic carbocycles. The smallest absolute Gasteiger partial charge is 0.0399 e. The van der Waals surface area contributed by atoms with Gasteiger partial charge in [0.1, 0.15) is 0 Å². The number of hydrogen-bond acceptors (Lipinski definition) is 2. The minimum atomic E-state index is 0.173. The molecule has 0 radical (unpaired) electrons. The predicted molar refractivity (Wildman–Crippen MR) is 79.3 cm³/mol. The lowest BCUT2D eigenvalue weighted by molar-refractivity contribution is 0.396. The summed E-state index contributed by atoms with van der Waals surface area (Å²) in [7, 11) is 0. The molecule has 0 saturated carbocycles. The van der Waals surface area contributed by atoms with Crippen LogP contribution in [0.25, 0.3) is 0 Å². The van der Waals surface area contributed by atoms with Crippen LogP contribution >= 0.6 is 0 Å². The fourth-order valence-corrected chi connectivity index (χ4v) is 2.95. The van der Waals surface area contributed by atoms with Gasteiger partial charge in [-0.15, -0.1) is 0 Å². The van der Waals surface area contributed by atoms with Gasteiger partial charge >= 0.3 is 0 Å². The normalized spacial score (nSPS) is 16.3. The van der Waals surface area contributed by atoms with Crippen LogP contribution in [0.2, 0.25) is 0 Å². The van der Waals surface area contributed by atoms with Crippen LogP contribution in [0.1, 0.15) is 39.2 Å². The molecule has 100 valence electrons. The summed E-state index contributed by atoms with van der Waals surface area (Å²) in [5, 5.41) is 3.58. The lowest BCUT2D eigenvalue weighted by atomic mass is 10.0. The topological polar surface area (TPSA) is 15.3 Å². The van der Waals surface area contributed by atoms with Crippen molar-refractivity contribution in [1.82, 2.24) is 5.32 Å². The van der Waals surface area contributed by atoms with Crippen molar-refractivity contribution >= 4 is 5.69 Å². The summed E-state index contributed by atoms with van der Waals surface area (Å²) in [6.07, 6.45) is 3.85. The van der Waals surface area contributed by atoms with E-state index in [1.807, 2.05) is 0 Å². The minimum Gasteiger partial charge on any atom is -0.369 e. The zero-order valence-electron chi connectivity index (χ0n) is 12.0. The zero-order chi connectivity index (χ0) is 13.0. The van der Waals surface area contributed by atoms with E-state index in [0.717, 1.165) is 13.1 Å². The Hall–Kier alpha value is -1.02. The summed E-state index contributed by atoms with van der Waals surface area (Å²) in [5.41, 5.74) is 3.13. The fraction of sp³-hybridized carbons (Fsp3) is 0.625. The third kappa shape index (κ3) is 3.26. The van der Waals surface area contributed by atoms with Gasteiger partial charge in [0, 0.05) is 24.3 Å². The number of benzene rings is 1. The van der Waals surface area contributed by atoms with Crippen molar-refractivity contribution in [3.05, 3.63) is 29.8 Å². The number of fused-ring (bicyclic) bond motifs is 1. The van der Waals surface area contributed by atoms with E-state index in [9.17, 15) is 0 Å². The summed E-state index contributed by atoms with van der Waals surface area (Å²) in [5.74, 6) is 0. The molecule has 1 N–H and O–H groups in total. The summed E-state index contributed by atoms with van der Waals surface area (Å²) in [6.45, 7) is 10.1. The molecule has 1 heterocycles. The Kier molecular flexibility index (Phi) is 4.28. The number of aryl methyl sites for hydroxylation is 1. The Morgan fingerprint density at radius 3 is 2.78 bits per heavy atom. The summed E-state index contributed by atoms with van der Waals surface area (Å²) >= 11 is 0. The van der Waals surface area contributed by atoms with Crippen molar-refractivity contribution in [3.8, 4) is 0 Å². The lowest BCUT2D eigenvalue weighted by Gasteiger charge is -2.35. The Bertz CT molecular complexity index is 384. The highest BCUT2D eigenvalue weighted by molar-refractivity contribution is 5.54. The Morgan fingerprint density at radius 2 is 2.00 bits per heavy atom. The summed E-state index contributed by atoms with van der Waals surface area (Å²) in [6, 6.07) is 8.89. The Labute approximate surface area is 111 Å². The second-order valence-corrected chi connectivity index (χ2v) is 5.92. The first kappa shape index (κ1) is 13.4. The van der Waals surface area contributed by atoms with E-state index < -0.39 is 0 Å². The van der Waals surface area contributed by atoms with Gasteiger partial charge < -0.3 is 10.2 Å². The van der Waals surface area contributed by atoms with E-state index in [1.54, 1.807) is 0 Å². The van der Waals surface area contributed by atoms with Gasteiger partial charge in [-0.3, -0.25) is 0 Å². The lowest BCUT2D eigenvalue weighted by Crippen LogP contribution is -2.49. The molecule has 0 aliphatic carbocycles. The molecule has 0 saturated heterocycles. The van der Waals surface area contributed by atoms with Gasteiger partial charge in [-0.05, 0) is 51.3 Å².